The van der Waals surface area contributed by atoms with Crippen LogP contribution in [0.25, 0.3) is 0 Å². The van der Waals surface area contributed by atoms with Crippen LogP contribution in [0.2, 0.25) is 0 Å². The minimum absolute atomic E-state index is 0.750. The van der Waals surface area contributed by atoms with Crippen molar-refractivity contribution in [1.82, 2.24) is 0 Å². The molecule has 0 saturated heterocycles. The average molecular weight is 739 g/mol. The summed E-state index contributed by atoms with van der Waals surface area (Å²) in [5, 5.41) is 0. The molecule has 0 aromatic carbocycles. The smallest absolute Gasteiger partial charge is 0.119 e. The Hall–Kier alpha value is -1.65. The molecule has 0 aliphatic heterocycles. The van der Waals surface area contributed by atoms with Gasteiger partial charge in [-0.05, 0) is 32.1 Å². The fourth-order valence-electron chi connectivity index (χ4n) is 5.39. The Bertz CT molecular complexity index is 519. The number of hydrogen-bond donors (Lipinski definition) is 0. The molecule has 5 nitrogen and oxygen atoms in total. The molecule has 0 atom stereocenters. The zero-order chi connectivity index (χ0) is 39.7. The molecule has 0 aliphatic rings. The first-order valence-corrected chi connectivity index (χ1v) is 22.8. The number of unbranched alkanes of at least 4 members (excludes halogenated alkanes) is 32. The summed E-state index contributed by atoms with van der Waals surface area (Å²) in [6.45, 7) is 11.1. The van der Waals surface area contributed by atoms with E-state index in [2.05, 4.69) is 34.6 Å². The number of hydrogen-bond acceptors (Lipinski definition) is 5. The summed E-state index contributed by atoms with van der Waals surface area (Å²) < 4.78 is 0. The quantitative estimate of drug-likeness (QED) is 0.0468. The summed E-state index contributed by atoms with van der Waals surface area (Å²) in [6.07, 6.45) is 49.9. The van der Waals surface area contributed by atoms with E-state index in [9.17, 15) is 24.0 Å². The topological polar surface area (TPSA) is 85.3 Å². The van der Waals surface area contributed by atoms with E-state index in [0.717, 1.165) is 95.6 Å². The molecule has 0 amide bonds. The van der Waals surface area contributed by atoms with E-state index < -0.39 is 0 Å². The zero-order valence-electron chi connectivity index (χ0n) is 36.1. The summed E-state index contributed by atoms with van der Waals surface area (Å²) in [7, 11) is 0. The van der Waals surface area contributed by atoms with Crippen LogP contribution in [0.5, 0.6) is 0 Å². The highest BCUT2D eigenvalue weighted by molar-refractivity contribution is 5.49. The minimum atomic E-state index is 0.750. The molecule has 0 radical (unpaired) electrons. The van der Waals surface area contributed by atoms with Crippen LogP contribution in [0.3, 0.4) is 0 Å². The molecule has 312 valence electrons. The minimum Gasteiger partial charge on any atom is -0.303 e. The predicted octanol–water partition coefficient (Wildman–Crippen LogP) is 15.5. The molecule has 0 unspecified atom stereocenters. The Morgan fingerprint density at radius 2 is 0.308 bits per heavy atom. The summed E-state index contributed by atoms with van der Waals surface area (Å²) in [6, 6.07) is 0. The third-order valence-corrected chi connectivity index (χ3v) is 8.88. The molecule has 0 aliphatic carbocycles. The van der Waals surface area contributed by atoms with Gasteiger partial charge in [-0.1, -0.05) is 208 Å². The van der Waals surface area contributed by atoms with Crippen molar-refractivity contribution in [1.29, 1.82) is 0 Å². The third-order valence-electron chi connectivity index (χ3n) is 8.88. The van der Waals surface area contributed by atoms with Crippen molar-refractivity contribution in [2.75, 3.05) is 0 Å². The predicted molar refractivity (Wildman–Crippen MR) is 230 cm³/mol. The van der Waals surface area contributed by atoms with Gasteiger partial charge in [-0.15, -0.1) is 0 Å². The first-order valence-electron chi connectivity index (χ1n) is 22.8. The van der Waals surface area contributed by atoms with Crippen molar-refractivity contribution in [3.8, 4) is 0 Å². The molecule has 0 aromatic heterocycles. The monoisotopic (exact) mass is 739 g/mol. The van der Waals surface area contributed by atoms with Crippen molar-refractivity contribution in [2.24, 2.45) is 0 Å². The third kappa shape index (κ3) is 86.7. The highest BCUT2D eigenvalue weighted by Crippen LogP contribution is 2.10. The van der Waals surface area contributed by atoms with Gasteiger partial charge in [-0.2, -0.15) is 0 Å². The van der Waals surface area contributed by atoms with Crippen LogP contribution in [-0.2, 0) is 24.0 Å². The van der Waals surface area contributed by atoms with Crippen LogP contribution in [0.1, 0.15) is 272 Å². The van der Waals surface area contributed by atoms with E-state index in [-0.39, 0.29) is 0 Å². The van der Waals surface area contributed by atoms with Gasteiger partial charge in [0, 0.05) is 32.1 Å². The van der Waals surface area contributed by atoms with Crippen LogP contribution < -0.4 is 0 Å². The number of aldehydes is 5. The standard InChI is InChI=1S/4C10H20O.C7H14O/c4*1-2-3-4-5-6-7-8-9-10-11;1-2-3-4-5-6-7-8/h4*10H,2-9H2,1H3;7H,2-6H2,1H3. The molecular formula is C47H94O5. The molecule has 0 spiro atoms. The second-order valence-electron chi connectivity index (χ2n) is 14.3. The lowest BCUT2D eigenvalue weighted by atomic mass is 10.1. The van der Waals surface area contributed by atoms with Crippen LogP contribution in [-0.4, -0.2) is 31.4 Å². The van der Waals surface area contributed by atoms with E-state index >= 15 is 0 Å². The van der Waals surface area contributed by atoms with Crippen LogP contribution in [0.15, 0.2) is 0 Å². The van der Waals surface area contributed by atoms with Crippen molar-refractivity contribution >= 4 is 31.4 Å². The fourth-order valence-corrected chi connectivity index (χ4v) is 5.39. The Labute approximate surface area is 326 Å². The van der Waals surface area contributed by atoms with E-state index in [1.54, 1.807) is 0 Å². The molecule has 0 bridgehead atoms. The Kier molecular flexibility index (Phi) is 81.2. The highest BCUT2D eigenvalue weighted by atomic mass is 16.1. The maximum Gasteiger partial charge on any atom is 0.119 e. The molecular weight excluding hydrogens is 645 g/mol. The lowest BCUT2D eigenvalue weighted by Crippen LogP contribution is -1.80. The Morgan fingerprint density at radius 3 is 0.442 bits per heavy atom. The molecule has 0 heterocycles. The molecule has 52 heavy (non-hydrogen) atoms. The maximum atomic E-state index is 9.94. The lowest BCUT2D eigenvalue weighted by molar-refractivity contribution is -0.108. The maximum absolute atomic E-state index is 9.94. The Balaban J connectivity index is -0.000000178. The van der Waals surface area contributed by atoms with Crippen molar-refractivity contribution < 1.29 is 24.0 Å². The molecule has 0 saturated carbocycles. The Morgan fingerprint density at radius 1 is 0.192 bits per heavy atom. The van der Waals surface area contributed by atoms with E-state index in [1.165, 1.54) is 173 Å². The number of carbonyl (C=O) groups is 5. The van der Waals surface area contributed by atoms with Crippen molar-refractivity contribution in [3.05, 3.63) is 0 Å². The molecule has 0 rings (SSSR count). The summed E-state index contributed by atoms with van der Waals surface area (Å²) in [5.41, 5.74) is 0. The van der Waals surface area contributed by atoms with Gasteiger partial charge < -0.3 is 24.0 Å². The van der Waals surface area contributed by atoms with Gasteiger partial charge in [-0.3, -0.25) is 0 Å². The first-order chi connectivity index (χ1) is 25.6. The van der Waals surface area contributed by atoms with Gasteiger partial charge in [0.1, 0.15) is 31.4 Å². The van der Waals surface area contributed by atoms with Gasteiger partial charge in [-0.25, -0.2) is 0 Å². The second kappa shape index (κ2) is 70.9. The summed E-state index contributed by atoms with van der Waals surface area (Å²) >= 11 is 0. The number of carbonyl (C=O) groups excluding carboxylic acids is 5. The lowest BCUT2D eigenvalue weighted by Gasteiger charge is -1.97. The van der Waals surface area contributed by atoms with Crippen LogP contribution >= 0.6 is 0 Å². The normalized spacial score (nSPS) is 9.79. The van der Waals surface area contributed by atoms with Gasteiger partial charge >= 0.3 is 0 Å². The fraction of sp³-hybridized carbons (Fsp3) is 0.894. The van der Waals surface area contributed by atoms with Crippen molar-refractivity contribution in [3.63, 3.8) is 0 Å². The van der Waals surface area contributed by atoms with Crippen molar-refractivity contribution in [2.45, 2.75) is 272 Å². The molecule has 0 aromatic rings. The van der Waals surface area contributed by atoms with Gasteiger partial charge in [0.15, 0.2) is 0 Å². The molecule has 5 heteroatoms. The van der Waals surface area contributed by atoms with E-state index in [1.807, 2.05) is 0 Å². The second-order valence-corrected chi connectivity index (χ2v) is 14.3. The first kappa shape index (κ1) is 59.6. The van der Waals surface area contributed by atoms with Crippen LogP contribution in [0, 0.1) is 0 Å². The number of rotatable bonds is 37. The van der Waals surface area contributed by atoms with E-state index in [4.69, 9.17) is 0 Å². The average Bonchev–Trinajstić information content (AvgIpc) is 3.16. The van der Waals surface area contributed by atoms with Gasteiger partial charge in [0.25, 0.3) is 0 Å². The largest absolute Gasteiger partial charge is 0.303 e. The van der Waals surface area contributed by atoms with E-state index in [0.29, 0.717) is 0 Å². The molecule has 0 fully saturated rings. The molecule has 0 N–H and O–H groups in total. The highest BCUT2D eigenvalue weighted by Gasteiger charge is 1.92. The summed E-state index contributed by atoms with van der Waals surface area (Å²) in [5.74, 6) is 0. The van der Waals surface area contributed by atoms with Gasteiger partial charge in [0.05, 0.1) is 0 Å². The summed E-state index contributed by atoms with van der Waals surface area (Å²) in [4.78, 5) is 49.5. The SMILES string of the molecule is CCCCCCC=O.CCCCCCCCCC=O.CCCCCCCCCC=O.CCCCCCCCCC=O.CCCCCCCCCC=O. The zero-order valence-corrected chi connectivity index (χ0v) is 36.1. The van der Waals surface area contributed by atoms with Gasteiger partial charge in [0.2, 0.25) is 0 Å². The van der Waals surface area contributed by atoms with Crippen LogP contribution in [0.4, 0.5) is 0 Å².